The van der Waals surface area contributed by atoms with E-state index in [0.717, 1.165) is 23.5 Å². The Morgan fingerprint density at radius 3 is 3.00 bits per heavy atom. The third-order valence-electron chi connectivity index (χ3n) is 3.58. The van der Waals surface area contributed by atoms with Gasteiger partial charge in [-0.15, -0.1) is 11.8 Å². The summed E-state index contributed by atoms with van der Waals surface area (Å²) in [5.74, 6) is 0.457. The maximum Gasteiger partial charge on any atom is 0.237 e. The molecule has 4 N–H and O–H groups in total. The van der Waals surface area contributed by atoms with E-state index in [1.165, 1.54) is 0 Å². The number of carbonyl (C=O) groups excluding carboxylic acids is 1. The molecular weight excluding hydrogens is 260 g/mol. The van der Waals surface area contributed by atoms with Gasteiger partial charge in [-0.2, -0.15) is 0 Å². The molecule has 1 saturated carbocycles. The first kappa shape index (κ1) is 14.2. The van der Waals surface area contributed by atoms with E-state index in [1.807, 2.05) is 24.3 Å². The molecule has 0 aromatic heterocycles. The molecule has 1 amide bonds. The zero-order valence-electron chi connectivity index (χ0n) is 11.1. The average molecular weight is 280 g/mol. The topological polar surface area (TPSA) is 78.3 Å². The van der Waals surface area contributed by atoms with Crippen molar-refractivity contribution in [3.63, 3.8) is 0 Å². The molecule has 4 nitrogen and oxygen atoms in total. The summed E-state index contributed by atoms with van der Waals surface area (Å²) >= 11 is 1.75. The van der Waals surface area contributed by atoms with Gasteiger partial charge in [-0.3, -0.25) is 4.79 Å². The summed E-state index contributed by atoms with van der Waals surface area (Å²) in [6, 6.07) is 7.93. The lowest BCUT2D eigenvalue weighted by Gasteiger charge is -2.35. The van der Waals surface area contributed by atoms with Crippen LogP contribution >= 0.6 is 11.8 Å². The molecular formula is C14H20N2O2S. The highest BCUT2D eigenvalue weighted by atomic mass is 32.2. The zero-order chi connectivity index (χ0) is 13.9. The number of hydrogen-bond donors (Lipinski definition) is 2. The predicted molar refractivity (Wildman–Crippen MR) is 77.2 cm³/mol. The Balaban J connectivity index is 2.04. The summed E-state index contributed by atoms with van der Waals surface area (Å²) < 4.78 is 5.21. The van der Waals surface area contributed by atoms with Gasteiger partial charge in [0.1, 0.15) is 5.75 Å². The van der Waals surface area contributed by atoms with Crippen molar-refractivity contribution in [2.45, 2.75) is 41.4 Å². The Kier molecular flexibility index (Phi) is 4.37. The number of rotatable bonds is 4. The largest absolute Gasteiger partial charge is 0.497 e. The standard InChI is InChI=1S/C14H20N2O2S/c1-18-10-4-2-5-11(8-10)19-12-6-3-7-14(16,9-12)13(15)17/h2,4-5,8,12H,3,6-7,9,16H2,1H3,(H2,15,17). The number of amides is 1. The third-order valence-corrected chi connectivity index (χ3v) is 4.84. The molecule has 2 unspecified atom stereocenters. The van der Waals surface area contributed by atoms with Crippen molar-refractivity contribution in [1.29, 1.82) is 0 Å². The summed E-state index contributed by atoms with van der Waals surface area (Å²) in [6.07, 6.45) is 3.34. The van der Waals surface area contributed by atoms with Crippen molar-refractivity contribution >= 4 is 17.7 Å². The maximum absolute atomic E-state index is 11.4. The van der Waals surface area contributed by atoms with Crippen molar-refractivity contribution in [2.24, 2.45) is 11.5 Å². The molecule has 0 radical (unpaired) electrons. The minimum Gasteiger partial charge on any atom is -0.497 e. The Hall–Kier alpha value is -1.20. The number of ether oxygens (including phenoxy) is 1. The monoisotopic (exact) mass is 280 g/mol. The number of primary amides is 1. The van der Waals surface area contributed by atoms with E-state index in [2.05, 4.69) is 0 Å². The summed E-state index contributed by atoms with van der Waals surface area (Å²) in [6.45, 7) is 0. The van der Waals surface area contributed by atoms with E-state index in [1.54, 1.807) is 18.9 Å². The highest BCUT2D eigenvalue weighted by molar-refractivity contribution is 8.00. The van der Waals surface area contributed by atoms with Crippen LogP contribution in [0, 0.1) is 0 Å². The molecule has 1 aliphatic rings. The van der Waals surface area contributed by atoms with E-state index in [9.17, 15) is 4.79 Å². The Morgan fingerprint density at radius 2 is 2.32 bits per heavy atom. The molecule has 0 saturated heterocycles. The first-order valence-corrected chi connectivity index (χ1v) is 7.31. The number of benzene rings is 1. The minimum absolute atomic E-state index is 0.332. The third kappa shape index (κ3) is 3.42. The summed E-state index contributed by atoms with van der Waals surface area (Å²) in [7, 11) is 1.66. The molecule has 2 rings (SSSR count). The molecule has 0 aliphatic heterocycles. The van der Waals surface area contributed by atoms with E-state index in [-0.39, 0.29) is 5.91 Å². The number of carbonyl (C=O) groups is 1. The zero-order valence-corrected chi connectivity index (χ0v) is 11.9. The van der Waals surface area contributed by atoms with Gasteiger partial charge in [0.25, 0.3) is 0 Å². The molecule has 1 aromatic carbocycles. The van der Waals surface area contributed by atoms with E-state index < -0.39 is 5.54 Å². The van der Waals surface area contributed by atoms with Crippen LogP contribution in [0.5, 0.6) is 5.75 Å². The molecule has 1 aromatic rings. The normalized spacial score (nSPS) is 26.9. The van der Waals surface area contributed by atoms with Gasteiger partial charge in [-0.25, -0.2) is 0 Å². The highest BCUT2D eigenvalue weighted by Gasteiger charge is 2.38. The number of nitrogens with two attached hydrogens (primary N) is 2. The second-order valence-electron chi connectivity index (χ2n) is 5.04. The van der Waals surface area contributed by atoms with Crippen molar-refractivity contribution in [3.05, 3.63) is 24.3 Å². The van der Waals surface area contributed by atoms with Gasteiger partial charge >= 0.3 is 0 Å². The van der Waals surface area contributed by atoms with Gasteiger partial charge in [0, 0.05) is 10.1 Å². The van der Waals surface area contributed by atoms with Gasteiger partial charge in [-0.1, -0.05) is 6.07 Å². The fraction of sp³-hybridized carbons (Fsp3) is 0.500. The summed E-state index contributed by atoms with van der Waals surface area (Å²) in [4.78, 5) is 12.6. The van der Waals surface area contributed by atoms with Crippen molar-refractivity contribution in [3.8, 4) is 5.75 Å². The van der Waals surface area contributed by atoms with E-state index >= 15 is 0 Å². The lowest BCUT2D eigenvalue weighted by Crippen LogP contribution is -2.55. The van der Waals surface area contributed by atoms with Crippen LogP contribution in [0.15, 0.2) is 29.2 Å². The Labute approximate surface area is 117 Å². The first-order chi connectivity index (χ1) is 9.03. The maximum atomic E-state index is 11.4. The van der Waals surface area contributed by atoms with Crippen molar-refractivity contribution < 1.29 is 9.53 Å². The highest BCUT2D eigenvalue weighted by Crippen LogP contribution is 2.37. The minimum atomic E-state index is -0.839. The molecule has 104 valence electrons. The van der Waals surface area contributed by atoms with Gasteiger partial charge in [0.15, 0.2) is 0 Å². The fourth-order valence-electron chi connectivity index (χ4n) is 2.45. The lowest BCUT2D eigenvalue weighted by atomic mass is 9.82. The summed E-state index contributed by atoms with van der Waals surface area (Å²) in [5, 5.41) is 0.332. The van der Waals surface area contributed by atoms with Crippen molar-refractivity contribution in [2.75, 3.05) is 7.11 Å². The van der Waals surface area contributed by atoms with E-state index in [0.29, 0.717) is 18.1 Å². The first-order valence-electron chi connectivity index (χ1n) is 6.43. The number of thioether (sulfide) groups is 1. The lowest BCUT2D eigenvalue weighted by molar-refractivity contribution is -0.124. The fourth-order valence-corrected chi connectivity index (χ4v) is 3.84. The molecule has 19 heavy (non-hydrogen) atoms. The number of methoxy groups -OCH3 is 1. The van der Waals surface area contributed by atoms with Crippen LogP contribution in [0.2, 0.25) is 0 Å². The Bertz CT molecular complexity index is 467. The van der Waals surface area contributed by atoms with Crippen LogP contribution in [-0.2, 0) is 4.79 Å². The summed E-state index contributed by atoms with van der Waals surface area (Å²) in [5.41, 5.74) is 10.7. The average Bonchev–Trinajstić information content (AvgIpc) is 2.39. The molecule has 2 atom stereocenters. The SMILES string of the molecule is COc1cccc(SC2CCCC(N)(C(N)=O)C2)c1. The van der Waals surface area contributed by atoms with Gasteiger partial charge in [0.05, 0.1) is 12.6 Å². The van der Waals surface area contributed by atoms with E-state index in [4.69, 9.17) is 16.2 Å². The van der Waals surface area contributed by atoms with Crippen LogP contribution < -0.4 is 16.2 Å². The van der Waals surface area contributed by atoms with Crippen molar-refractivity contribution in [1.82, 2.24) is 0 Å². The molecule has 1 fully saturated rings. The van der Waals surface area contributed by atoms with Crippen LogP contribution in [0.3, 0.4) is 0 Å². The van der Waals surface area contributed by atoms with Crippen LogP contribution in [0.25, 0.3) is 0 Å². The predicted octanol–water partition coefficient (Wildman–Crippen LogP) is 1.91. The smallest absolute Gasteiger partial charge is 0.237 e. The molecule has 5 heteroatoms. The van der Waals surface area contributed by atoms with Crippen LogP contribution in [-0.4, -0.2) is 23.8 Å². The van der Waals surface area contributed by atoms with Crippen LogP contribution in [0.4, 0.5) is 0 Å². The van der Waals surface area contributed by atoms with Crippen LogP contribution in [0.1, 0.15) is 25.7 Å². The number of hydrogen-bond acceptors (Lipinski definition) is 4. The Morgan fingerprint density at radius 1 is 1.53 bits per heavy atom. The van der Waals surface area contributed by atoms with Gasteiger partial charge in [0.2, 0.25) is 5.91 Å². The quantitative estimate of drug-likeness (QED) is 0.883. The molecule has 0 heterocycles. The van der Waals surface area contributed by atoms with Gasteiger partial charge < -0.3 is 16.2 Å². The second kappa shape index (κ2) is 5.84. The second-order valence-corrected chi connectivity index (χ2v) is 6.41. The van der Waals surface area contributed by atoms with Gasteiger partial charge in [-0.05, 0) is 43.9 Å². The molecule has 0 bridgehead atoms. The molecule has 0 spiro atoms. The molecule has 1 aliphatic carbocycles.